The van der Waals surface area contributed by atoms with Crippen LogP contribution in [-0.2, 0) is 30.2 Å². The third-order valence-corrected chi connectivity index (χ3v) is 6.74. The fourth-order valence-corrected chi connectivity index (χ4v) is 4.29. The molecule has 43 heavy (non-hydrogen) atoms. The fourth-order valence-electron chi connectivity index (χ4n) is 4.29. The van der Waals surface area contributed by atoms with Gasteiger partial charge in [-0.25, -0.2) is 14.4 Å². The van der Waals surface area contributed by atoms with Crippen LogP contribution in [0.4, 0.5) is 9.59 Å². The second-order valence-corrected chi connectivity index (χ2v) is 13.7. The summed E-state index contributed by atoms with van der Waals surface area (Å²) in [6.07, 6.45) is 2.31. The number of nitrogens with one attached hydrogen (secondary N) is 1. The van der Waals surface area contributed by atoms with Crippen molar-refractivity contribution in [2.24, 2.45) is 16.7 Å². The maximum absolute atomic E-state index is 13.2. The minimum absolute atomic E-state index is 0.0629. The minimum Gasteiger partial charge on any atom is -0.477 e. The zero-order valence-electron chi connectivity index (χ0n) is 26.9. The molecule has 242 valence electrons. The van der Waals surface area contributed by atoms with Gasteiger partial charge in [-0.2, -0.15) is 0 Å². The third kappa shape index (κ3) is 12.4. The molecular weight excluding hydrogens is 558 g/mol. The number of rotatable bonds is 12. The van der Waals surface area contributed by atoms with Crippen LogP contribution in [0.5, 0.6) is 11.5 Å². The van der Waals surface area contributed by atoms with Crippen molar-refractivity contribution in [3.05, 3.63) is 23.8 Å². The van der Waals surface area contributed by atoms with E-state index >= 15 is 0 Å². The molecule has 2 atom stereocenters. The lowest BCUT2D eigenvalue weighted by molar-refractivity contribution is -0.188. The molecule has 1 aliphatic rings. The Bertz CT molecular complexity index is 1110. The summed E-state index contributed by atoms with van der Waals surface area (Å²) in [5.41, 5.74) is -2.40. The first-order chi connectivity index (χ1) is 19.9. The van der Waals surface area contributed by atoms with Gasteiger partial charge in [-0.05, 0) is 54.7 Å². The highest BCUT2D eigenvalue weighted by molar-refractivity contribution is 5.83. The zero-order valence-corrected chi connectivity index (χ0v) is 26.9. The monoisotopic (exact) mass is 607 g/mol. The number of carboxylic acid groups (broad SMARTS) is 1. The molecule has 1 aromatic carbocycles. The molecule has 0 saturated heterocycles. The second-order valence-electron chi connectivity index (χ2n) is 13.7. The van der Waals surface area contributed by atoms with Crippen molar-refractivity contribution < 1.29 is 48.0 Å². The van der Waals surface area contributed by atoms with Gasteiger partial charge in [0.25, 0.3) is 5.72 Å². The Morgan fingerprint density at radius 2 is 1.42 bits per heavy atom. The Labute approximate surface area is 254 Å². The van der Waals surface area contributed by atoms with Crippen LogP contribution in [0.1, 0.15) is 99.5 Å². The van der Waals surface area contributed by atoms with Crippen LogP contribution in [-0.4, -0.2) is 54.3 Å². The average molecular weight is 608 g/mol. The van der Waals surface area contributed by atoms with Crippen molar-refractivity contribution in [2.45, 2.75) is 112 Å². The van der Waals surface area contributed by atoms with Crippen molar-refractivity contribution in [1.29, 1.82) is 0 Å². The lowest BCUT2D eigenvalue weighted by atomic mass is 9.89. The van der Waals surface area contributed by atoms with Gasteiger partial charge in [-0.15, -0.1) is 0 Å². The van der Waals surface area contributed by atoms with Crippen LogP contribution in [0, 0.1) is 16.7 Å². The van der Waals surface area contributed by atoms with Crippen molar-refractivity contribution in [3.8, 4) is 11.5 Å². The first kappa shape index (κ1) is 35.9. The Morgan fingerprint density at radius 1 is 0.884 bits per heavy atom. The van der Waals surface area contributed by atoms with E-state index in [0.29, 0.717) is 24.8 Å². The molecular formula is C32H49NO10. The maximum atomic E-state index is 13.2. The van der Waals surface area contributed by atoms with E-state index in [0.717, 1.165) is 19.3 Å². The summed E-state index contributed by atoms with van der Waals surface area (Å²) in [4.78, 5) is 50.9. The quantitative estimate of drug-likeness (QED) is 0.114. The van der Waals surface area contributed by atoms with Crippen LogP contribution in [0.25, 0.3) is 0 Å². The smallest absolute Gasteiger partial charge is 0.477 e. The summed E-state index contributed by atoms with van der Waals surface area (Å²) in [5.74, 6) is -2.63. The standard InChI is InChI=1S/C32H49NO10/c1-9-21(2)33-32(27(35)36,43-26(34)23-13-11-10-12-14-23)18-22-15-16-24(41-28(37)39-19-30(3,4)5)25(17-22)42-29(38)40-20-31(6,7)8/h15-17,21,23,33H,9-14,18-20H2,1-8H3,(H,35,36)/t21?,32-/m0/s1. The molecule has 1 fully saturated rings. The molecule has 0 radical (unpaired) electrons. The van der Waals surface area contributed by atoms with Crippen molar-refractivity contribution >= 4 is 24.2 Å². The Kier molecular flexibility index (Phi) is 12.8. The molecule has 1 saturated carbocycles. The van der Waals surface area contributed by atoms with Crippen molar-refractivity contribution in [1.82, 2.24) is 5.32 Å². The Balaban J connectivity index is 2.43. The number of carbonyl (C=O) groups is 4. The largest absolute Gasteiger partial charge is 0.513 e. The maximum Gasteiger partial charge on any atom is 0.513 e. The molecule has 2 rings (SSSR count). The number of esters is 1. The number of hydrogen-bond donors (Lipinski definition) is 2. The first-order valence-electron chi connectivity index (χ1n) is 15.0. The molecule has 0 bridgehead atoms. The number of aliphatic carboxylic acids is 1. The van der Waals surface area contributed by atoms with Gasteiger partial charge in [0.05, 0.1) is 19.1 Å². The van der Waals surface area contributed by atoms with Gasteiger partial charge in [-0.3, -0.25) is 10.1 Å². The molecule has 0 spiro atoms. The molecule has 11 nitrogen and oxygen atoms in total. The number of benzene rings is 1. The van der Waals surface area contributed by atoms with E-state index in [1.165, 1.54) is 18.2 Å². The topological polar surface area (TPSA) is 147 Å². The van der Waals surface area contributed by atoms with Crippen LogP contribution >= 0.6 is 0 Å². The number of carbonyl (C=O) groups excluding carboxylic acids is 3. The summed E-state index contributed by atoms with van der Waals surface area (Å²) in [5, 5.41) is 13.4. The van der Waals surface area contributed by atoms with E-state index < -0.39 is 30.0 Å². The summed E-state index contributed by atoms with van der Waals surface area (Å²) in [7, 11) is 0. The van der Waals surface area contributed by atoms with Gasteiger partial charge < -0.3 is 28.8 Å². The van der Waals surface area contributed by atoms with Gasteiger partial charge in [0, 0.05) is 12.5 Å². The predicted molar refractivity (Wildman–Crippen MR) is 159 cm³/mol. The summed E-state index contributed by atoms with van der Waals surface area (Å²) in [6, 6.07) is 3.91. The Hall–Kier alpha value is -3.34. The predicted octanol–water partition coefficient (Wildman–Crippen LogP) is 6.64. The van der Waals surface area contributed by atoms with E-state index in [4.69, 9.17) is 23.7 Å². The first-order valence-corrected chi connectivity index (χ1v) is 15.0. The fraction of sp³-hybridized carbons (Fsp3) is 0.688. The molecule has 1 aromatic rings. The van der Waals surface area contributed by atoms with E-state index in [-0.39, 0.29) is 53.9 Å². The highest BCUT2D eigenvalue weighted by Crippen LogP contribution is 2.33. The lowest BCUT2D eigenvalue weighted by Crippen LogP contribution is -2.60. The SMILES string of the molecule is CCC(C)N[C@@](Cc1ccc(OC(=O)OCC(C)(C)C)c(OC(=O)OCC(C)(C)C)c1)(OC(=O)C1CCCCC1)C(=O)O. The summed E-state index contributed by atoms with van der Waals surface area (Å²) >= 11 is 0. The number of ether oxygens (including phenoxy) is 5. The van der Waals surface area contributed by atoms with Gasteiger partial charge >= 0.3 is 24.2 Å². The van der Waals surface area contributed by atoms with Crippen molar-refractivity contribution in [3.63, 3.8) is 0 Å². The molecule has 1 aliphatic carbocycles. The molecule has 2 N–H and O–H groups in total. The number of carboxylic acids is 1. The minimum atomic E-state index is -2.10. The number of hydrogen-bond acceptors (Lipinski definition) is 10. The highest BCUT2D eigenvalue weighted by atomic mass is 16.7. The highest BCUT2D eigenvalue weighted by Gasteiger charge is 2.45. The van der Waals surface area contributed by atoms with E-state index in [1.54, 1.807) is 6.92 Å². The van der Waals surface area contributed by atoms with Crippen LogP contribution in [0.3, 0.4) is 0 Å². The van der Waals surface area contributed by atoms with E-state index in [1.807, 2.05) is 48.5 Å². The van der Waals surface area contributed by atoms with Crippen LogP contribution in [0.2, 0.25) is 0 Å². The zero-order chi connectivity index (χ0) is 32.4. The van der Waals surface area contributed by atoms with Gasteiger partial charge in [0.1, 0.15) is 0 Å². The molecule has 0 amide bonds. The molecule has 0 aliphatic heterocycles. The van der Waals surface area contributed by atoms with Gasteiger partial charge in [0.15, 0.2) is 11.5 Å². The second kappa shape index (κ2) is 15.4. The lowest BCUT2D eigenvalue weighted by Gasteiger charge is -2.35. The van der Waals surface area contributed by atoms with Gasteiger partial charge in [0.2, 0.25) is 0 Å². The molecule has 0 heterocycles. The normalized spacial score (nSPS) is 16.4. The van der Waals surface area contributed by atoms with Gasteiger partial charge in [-0.1, -0.05) is 73.8 Å². The molecule has 11 heteroatoms. The third-order valence-electron chi connectivity index (χ3n) is 6.74. The van der Waals surface area contributed by atoms with Crippen LogP contribution < -0.4 is 14.8 Å². The van der Waals surface area contributed by atoms with Crippen molar-refractivity contribution in [2.75, 3.05) is 13.2 Å². The average Bonchev–Trinajstić information content (AvgIpc) is 2.91. The van der Waals surface area contributed by atoms with E-state index in [9.17, 15) is 24.3 Å². The molecule has 1 unspecified atom stereocenters. The summed E-state index contributed by atoms with van der Waals surface area (Å²) in [6.45, 7) is 15.1. The Morgan fingerprint density at radius 3 is 1.91 bits per heavy atom. The molecule has 0 aromatic heterocycles. The summed E-state index contributed by atoms with van der Waals surface area (Å²) < 4.78 is 26.9. The van der Waals surface area contributed by atoms with Crippen LogP contribution in [0.15, 0.2) is 18.2 Å². The van der Waals surface area contributed by atoms with E-state index in [2.05, 4.69) is 5.32 Å².